The summed E-state index contributed by atoms with van der Waals surface area (Å²) >= 11 is 9.32. The van der Waals surface area contributed by atoms with E-state index in [4.69, 9.17) is 22.1 Å². The van der Waals surface area contributed by atoms with Gasteiger partial charge in [0.2, 0.25) is 0 Å². The number of hydrogen-bond donors (Lipinski definition) is 1. The maximum Gasteiger partial charge on any atom is 0.120 e. The van der Waals surface area contributed by atoms with Gasteiger partial charge in [0.25, 0.3) is 0 Å². The van der Waals surface area contributed by atoms with Gasteiger partial charge in [0.1, 0.15) is 12.4 Å². The first-order valence-corrected chi connectivity index (χ1v) is 6.66. The van der Waals surface area contributed by atoms with Crippen molar-refractivity contribution in [2.45, 2.75) is 13.5 Å². The normalized spacial score (nSPS) is 10.4. The van der Waals surface area contributed by atoms with Gasteiger partial charge in [0.05, 0.1) is 10.7 Å². The Morgan fingerprint density at radius 1 is 1.22 bits per heavy atom. The van der Waals surface area contributed by atoms with Gasteiger partial charge in [-0.25, -0.2) is 0 Å². The van der Waals surface area contributed by atoms with Crippen molar-refractivity contribution >= 4 is 33.2 Å². The summed E-state index contributed by atoms with van der Waals surface area (Å²) in [7, 11) is 0. The molecule has 2 N–H and O–H groups in total. The molecule has 0 fully saturated rings. The SMILES string of the molecule is Cc1cc(OCc2ccc(Cl)c(N)c2)ccc1Br. The quantitative estimate of drug-likeness (QED) is 0.838. The first-order valence-electron chi connectivity index (χ1n) is 5.49. The number of anilines is 1. The second-order valence-corrected chi connectivity index (χ2v) is 5.32. The van der Waals surface area contributed by atoms with Crippen LogP contribution in [0.3, 0.4) is 0 Å². The number of nitrogen functional groups attached to an aromatic ring is 1. The highest BCUT2D eigenvalue weighted by Crippen LogP contribution is 2.23. The van der Waals surface area contributed by atoms with Crippen molar-refractivity contribution in [1.29, 1.82) is 0 Å². The Kier molecular flexibility index (Phi) is 4.15. The molecule has 0 aliphatic rings. The average Bonchev–Trinajstić information content (AvgIpc) is 2.35. The number of benzene rings is 2. The third-order valence-electron chi connectivity index (χ3n) is 2.60. The van der Waals surface area contributed by atoms with Crippen molar-refractivity contribution in [3.63, 3.8) is 0 Å². The minimum Gasteiger partial charge on any atom is -0.489 e. The zero-order chi connectivity index (χ0) is 13.1. The van der Waals surface area contributed by atoms with Crippen LogP contribution in [0.25, 0.3) is 0 Å². The molecule has 0 aromatic heterocycles. The highest BCUT2D eigenvalue weighted by molar-refractivity contribution is 9.10. The van der Waals surface area contributed by atoms with E-state index in [0.717, 1.165) is 21.3 Å². The number of nitrogens with two attached hydrogens (primary N) is 1. The Morgan fingerprint density at radius 2 is 2.00 bits per heavy atom. The van der Waals surface area contributed by atoms with Gasteiger partial charge in [-0.1, -0.05) is 33.6 Å². The number of halogens is 2. The summed E-state index contributed by atoms with van der Waals surface area (Å²) in [5.41, 5.74) is 8.45. The average molecular weight is 327 g/mol. The Bertz CT molecular complexity index is 520. The van der Waals surface area contributed by atoms with Crippen molar-refractivity contribution in [3.8, 4) is 5.75 Å². The van der Waals surface area contributed by atoms with Crippen LogP contribution < -0.4 is 10.5 Å². The summed E-state index contributed by atoms with van der Waals surface area (Å²) in [5, 5.41) is 0.568. The van der Waals surface area contributed by atoms with Crippen molar-refractivity contribution in [2.75, 3.05) is 5.73 Å². The summed E-state index contributed by atoms with van der Waals surface area (Å²) in [6, 6.07) is 11.4. The van der Waals surface area contributed by atoms with Gasteiger partial charge in [-0.15, -0.1) is 0 Å². The smallest absolute Gasteiger partial charge is 0.120 e. The Balaban J connectivity index is 2.06. The first kappa shape index (κ1) is 13.2. The van der Waals surface area contributed by atoms with Crippen LogP contribution in [0.15, 0.2) is 40.9 Å². The van der Waals surface area contributed by atoms with Crippen LogP contribution in [0.2, 0.25) is 5.02 Å². The molecule has 0 saturated carbocycles. The first-order chi connectivity index (χ1) is 8.56. The van der Waals surface area contributed by atoms with Crippen molar-refractivity contribution in [1.82, 2.24) is 0 Å². The topological polar surface area (TPSA) is 35.2 Å². The van der Waals surface area contributed by atoms with Crippen LogP contribution in [0.1, 0.15) is 11.1 Å². The van der Waals surface area contributed by atoms with Gasteiger partial charge < -0.3 is 10.5 Å². The van der Waals surface area contributed by atoms with Crippen molar-refractivity contribution < 1.29 is 4.74 Å². The Labute approximate surface area is 120 Å². The fourth-order valence-corrected chi connectivity index (χ4v) is 1.92. The van der Waals surface area contributed by atoms with Gasteiger partial charge in [0.15, 0.2) is 0 Å². The zero-order valence-corrected chi connectivity index (χ0v) is 12.3. The van der Waals surface area contributed by atoms with E-state index in [1.54, 1.807) is 6.07 Å². The lowest BCUT2D eigenvalue weighted by Crippen LogP contribution is -1.97. The van der Waals surface area contributed by atoms with Gasteiger partial charge in [-0.3, -0.25) is 0 Å². The third-order valence-corrected chi connectivity index (χ3v) is 3.83. The molecule has 0 heterocycles. The van der Waals surface area contributed by atoms with Crippen molar-refractivity contribution in [3.05, 3.63) is 57.0 Å². The van der Waals surface area contributed by atoms with Gasteiger partial charge in [-0.2, -0.15) is 0 Å². The molecule has 0 atom stereocenters. The molecular weight excluding hydrogens is 314 g/mol. The molecule has 2 rings (SSSR count). The molecule has 2 aromatic rings. The molecule has 0 amide bonds. The summed E-state index contributed by atoms with van der Waals surface area (Å²) in [6.07, 6.45) is 0. The van der Waals surface area contributed by atoms with Gasteiger partial charge in [-0.05, 0) is 48.4 Å². The van der Waals surface area contributed by atoms with Crippen LogP contribution in [0.5, 0.6) is 5.75 Å². The Hall–Kier alpha value is -1.19. The fourth-order valence-electron chi connectivity index (χ4n) is 1.56. The molecule has 18 heavy (non-hydrogen) atoms. The molecule has 2 nitrogen and oxygen atoms in total. The third kappa shape index (κ3) is 3.18. The summed E-state index contributed by atoms with van der Waals surface area (Å²) in [5.74, 6) is 0.837. The molecule has 94 valence electrons. The van der Waals surface area contributed by atoms with Gasteiger partial charge in [0, 0.05) is 4.47 Å². The number of hydrogen-bond acceptors (Lipinski definition) is 2. The maximum atomic E-state index is 5.86. The summed E-state index contributed by atoms with van der Waals surface area (Å²) < 4.78 is 6.78. The van der Waals surface area contributed by atoms with Crippen LogP contribution >= 0.6 is 27.5 Å². The molecule has 0 aliphatic heterocycles. The summed E-state index contributed by atoms with van der Waals surface area (Å²) in [4.78, 5) is 0. The largest absolute Gasteiger partial charge is 0.489 e. The standard InChI is InChI=1S/C14H13BrClNO/c1-9-6-11(3-4-12(9)15)18-8-10-2-5-13(16)14(17)7-10/h2-7H,8,17H2,1H3. The van der Waals surface area contributed by atoms with Gasteiger partial charge >= 0.3 is 0 Å². The number of aryl methyl sites for hydroxylation is 1. The monoisotopic (exact) mass is 325 g/mol. The zero-order valence-electron chi connectivity index (χ0n) is 9.91. The lowest BCUT2D eigenvalue weighted by Gasteiger charge is -2.09. The number of ether oxygens (including phenoxy) is 1. The molecule has 4 heteroatoms. The highest BCUT2D eigenvalue weighted by Gasteiger charge is 2.01. The van der Waals surface area contributed by atoms with E-state index in [0.29, 0.717) is 17.3 Å². The van der Waals surface area contributed by atoms with Crippen LogP contribution in [-0.2, 0) is 6.61 Å². The highest BCUT2D eigenvalue weighted by atomic mass is 79.9. The lowest BCUT2D eigenvalue weighted by atomic mass is 10.2. The maximum absolute atomic E-state index is 5.86. The number of rotatable bonds is 3. The molecular formula is C14H13BrClNO. The molecule has 0 bridgehead atoms. The van der Waals surface area contributed by atoms with Crippen LogP contribution in [-0.4, -0.2) is 0 Å². The van der Waals surface area contributed by atoms with E-state index in [2.05, 4.69) is 15.9 Å². The second-order valence-electron chi connectivity index (χ2n) is 4.06. The van der Waals surface area contributed by atoms with E-state index in [-0.39, 0.29) is 0 Å². The minimum atomic E-state index is 0.475. The molecule has 2 aromatic carbocycles. The minimum absolute atomic E-state index is 0.475. The fraction of sp³-hybridized carbons (Fsp3) is 0.143. The van der Waals surface area contributed by atoms with E-state index in [1.807, 2.05) is 37.3 Å². The molecule has 0 radical (unpaired) electrons. The molecule has 0 aliphatic carbocycles. The summed E-state index contributed by atoms with van der Waals surface area (Å²) in [6.45, 7) is 2.50. The molecule has 0 unspecified atom stereocenters. The van der Waals surface area contributed by atoms with E-state index in [9.17, 15) is 0 Å². The van der Waals surface area contributed by atoms with Crippen molar-refractivity contribution in [2.24, 2.45) is 0 Å². The molecule has 0 saturated heterocycles. The van der Waals surface area contributed by atoms with Crippen LogP contribution in [0.4, 0.5) is 5.69 Å². The Morgan fingerprint density at radius 3 is 2.67 bits per heavy atom. The van der Waals surface area contributed by atoms with E-state index < -0.39 is 0 Å². The predicted octanol–water partition coefficient (Wildman–Crippen LogP) is 4.57. The van der Waals surface area contributed by atoms with Crippen LogP contribution in [0, 0.1) is 6.92 Å². The van der Waals surface area contributed by atoms with E-state index in [1.165, 1.54) is 0 Å². The lowest BCUT2D eigenvalue weighted by molar-refractivity contribution is 0.306. The predicted molar refractivity (Wildman–Crippen MR) is 79.1 cm³/mol. The second kappa shape index (κ2) is 5.63. The molecule has 0 spiro atoms. The van der Waals surface area contributed by atoms with E-state index >= 15 is 0 Å².